The Kier molecular flexibility index (Phi) is 3.72. The van der Waals surface area contributed by atoms with Crippen LogP contribution in [0.15, 0.2) is 24.3 Å². The van der Waals surface area contributed by atoms with Crippen molar-refractivity contribution in [1.29, 1.82) is 0 Å². The molecule has 1 rings (SSSR count). The summed E-state index contributed by atoms with van der Waals surface area (Å²) in [5.74, 6) is 3.21. The van der Waals surface area contributed by atoms with Crippen LogP contribution in [0.5, 0.6) is 11.5 Å². The lowest BCUT2D eigenvalue weighted by Crippen LogP contribution is -1.96. The fourth-order valence-corrected chi connectivity index (χ4v) is 0.936. The van der Waals surface area contributed by atoms with E-state index in [2.05, 4.69) is 5.92 Å². The summed E-state index contributed by atoms with van der Waals surface area (Å²) in [6.07, 6.45) is 6.60. The van der Waals surface area contributed by atoms with E-state index in [9.17, 15) is 5.11 Å². The first-order valence-electron chi connectivity index (χ1n) is 4.19. The van der Waals surface area contributed by atoms with Gasteiger partial charge in [0, 0.05) is 6.42 Å². The quantitative estimate of drug-likeness (QED) is 0.563. The molecular formula is C11H12O2. The summed E-state index contributed by atoms with van der Waals surface area (Å²) >= 11 is 0. The van der Waals surface area contributed by atoms with Crippen molar-refractivity contribution in [3.8, 4) is 23.8 Å². The Morgan fingerprint density at radius 3 is 2.85 bits per heavy atom. The number of rotatable bonds is 4. The normalized spacial score (nSPS) is 9.15. The molecule has 2 heteroatoms. The predicted molar refractivity (Wildman–Crippen MR) is 51.7 cm³/mol. The van der Waals surface area contributed by atoms with Crippen LogP contribution >= 0.6 is 0 Å². The number of hydrogen-bond acceptors (Lipinski definition) is 2. The van der Waals surface area contributed by atoms with E-state index in [0.717, 1.165) is 6.42 Å². The minimum atomic E-state index is 0.170. The van der Waals surface area contributed by atoms with Gasteiger partial charge in [0.05, 0.1) is 6.61 Å². The molecule has 0 heterocycles. The van der Waals surface area contributed by atoms with Crippen LogP contribution in [0.4, 0.5) is 0 Å². The van der Waals surface area contributed by atoms with Crippen LogP contribution < -0.4 is 4.74 Å². The molecule has 0 aliphatic heterocycles. The lowest BCUT2D eigenvalue weighted by molar-refractivity contribution is 0.296. The van der Waals surface area contributed by atoms with Crippen molar-refractivity contribution in [3.63, 3.8) is 0 Å². The van der Waals surface area contributed by atoms with Crippen LogP contribution in [0.25, 0.3) is 0 Å². The maximum absolute atomic E-state index is 9.30. The Balaban J connectivity index is 2.37. The molecule has 1 N–H and O–H groups in total. The number of phenolic OH excluding ortho intramolecular Hbond substituents is 1. The maximum Gasteiger partial charge on any atom is 0.160 e. The van der Waals surface area contributed by atoms with Gasteiger partial charge in [0.25, 0.3) is 0 Å². The van der Waals surface area contributed by atoms with Gasteiger partial charge in [0.2, 0.25) is 0 Å². The van der Waals surface area contributed by atoms with Gasteiger partial charge in [-0.3, -0.25) is 0 Å². The zero-order chi connectivity index (χ0) is 9.52. The van der Waals surface area contributed by atoms with Crippen LogP contribution in [-0.4, -0.2) is 11.7 Å². The minimum absolute atomic E-state index is 0.170. The molecule has 68 valence electrons. The van der Waals surface area contributed by atoms with Gasteiger partial charge >= 0.3 is 0 Å². The molecule has 0 radical (unpaired) electrons. The Morgan fingerprint density at radius 2 is 2.15 bits per heavy atom. The van der Waals surface area contributed by atoms with E-state index in [1.165, 1.54) is 0 Å². The summed E-state index contributed by atoms with van der Waals surface area (Å²) in [5, 5.41) is 9.30. The average Bonchev–Trinajstić information content (AvgIpc) is 2.15. The third kappa shape index (κ3) is 3.08. The van der Waals surface area contributed by atoms with E-state index in [0.29, 0.717) is 18.8 Å². The van der Waals surface area contributed by atoms with Crippen LogP contribution in [0.2, 0.25) is 0 Å². The molecule has 0 atom stereocenters. The van der Waals surface area contributed by atoms with Crippen LogP contribution in [0.3, 0.4) is 0 Å². The van der Waals surface area contributed by atoms with E-state index in [1.54, 1.807) is 18.2 Å². The van der Waals surface area contributed by atoms with Gasteiger partial charge in [-0.05, 0) is 18.6 Å². The van der Waals surface area contributed by atoms with Crippen molar-refractivity contribution >= 4 is 0 Å². The van der Waals surface area contributed by atoms with E-state index >= 15 is 0 Å². The molecule has 0 aromatic heterocycles. The molecule has 1 aromatic rings. The van der Waals surface area contributed by atoms with Crippen LogP contribution in [-0.2, 0) is 0 Å². The predicted octanol–water partition coefficient (Wildman–Crippen LogP) is 2.18. The number of aromatic hydroxyl groups is 1. The number of benzene rings is 1. The van der Waals surface area contributed by atoms with Gasteiger partial charge in [0.1, 0.15) is 0 Å². The van der Waals surface area contributed by atoms with E-state index in [1.807, 2.05) is 6.07 Å². The lowest BCUT2D eigenvalue weighted by atomic mass is 10.3. The van der Waals surface area contributed by atoms with Crippen molar-refractivity contribution in [2.75, 3.05) is 6.61 Å². The summed E-state index contributed by atoms with van der Waals surface area (Å²) in [6.45, 7) is 0.543. The molecule has 0 spiro atoms. The second kappa shape index (κ2) is 5.10. The van der Waals surface area contributed by atoms with Crippen LogP contribution in [0, 0.1) is 12.3 Å². The molecule has 0 aliphatic carbocycles. The third-order valence-electron chi connectivity index (χ3n) is 1.59. The zero-order valence-corrected chi connectivity index (χ0v) is 7.36. The number of ether oxygens (including phenoxy) is 1. The highest BCUT2D eigenvalue weighted by molar-refractivity contribution is 5.37. The first-order valence-corrected chi connectivity index (χ1v) is 4.19. The Labute approximate surface area is 78.2 Å². The molecule has 0 fully saturated rings. The van der Waals surface area contributed by atoms with E-state index in [4.69, 9.17) is 11.2 Å². The number of phenols is 1. The zero-order valence-electron chi connectivity index (χ0n) is 7.36. The van der Waals surface area contributed by atoms with Crippen molar-refractivity contribution in [2.45, 2.75) is 12.8 Å². The van der Waals surface area contributed by atoms with Crippen molar-refractivity contribution < 1.29 is 9.84 Å². The molecule has 0 unspecified atom stereocenters. The SMILES string of the molecule is C#CCCCOc1ccccc1O. The number of unbranched alkanes of at least 4 members (excludes halogenated alkanes) is 1. The molecule has 0 saturated carbocycles. The second-order valence-electron chi connectivity index (χ2n) is 2.62. The molecule has 0 bridgehead atoms. The van der Waals surface area contributed by atoms with Gasteiger partial charge in [0.15, 0.2) is 11.5 Å². The molecule has 2 nitrogen and oxygen atoms in total. The van der Waals surface area contributed by atoms with Crippen molar-refractivity contribution in [3.05, 3.63) is 24.3 Å². The summed E-state index contributed by atoms with van der Waals surface area (Å²) < 4.78 is 5.29. The smallest absolute Gasteiger partial charge is 0.160 e. The fraction of sp³-hybridized carbons (Fsp3) is 0.273. The standard InChI is InChI=1S/C11H12O2/c1-2-3-6-9-13-11-8-5-4-7-10(11)12/h1,4-5,7-8,12H,3,6,9H2. The summed E-state index contributed by atoms with van der Waals surface area (Å²) in [6, 6.07) is 6.89. The van der Waals surface area contributed by atoms with Gasteiger partial charge in [-0.25, -0.2) is 0 Å². The number of terminal acetylenes is 1. The fourth-order valence-electron chi connectivity index (χ4n) is 0.936. The largest absolute Gasteiger partial charge is 0.504 e. The molecule has 0 saturated heterocycles. The van der Waals surface area contributed by atoms with E-state index in [-0.39, 0.29) is 5.75 Å². The van der Waals surface area contributed by atoms with Gasteiger partial charge < -0.3 is 9.84 Å². The Hall–Kier alpha value is -1.62. The third-order valence-corrected chi connectivity index (χ3v) is 1.59. The number of hydrogen-bond donors (Lipinski definition) is 1. The average molecular weight is 176 g/mol. The molecular weight excluding hydrogens is 164 g/mol. The first-order chi connectivity index (χ1) is 6.34. The molecule has 0 amide bonds. The summed E-state index contributed by atoms with van der Waals surface area (Å²) in [7, 11) is 0. The highest BCUT2D eigenvalue weighted by atomic mass is 16.5. The monoisotopic (exact) mass is 176 g/mol. The molecule has 0 aliphatic rings. The van der Waals surface area contributed by atoms with Crippen molar-refractivity contribution in [2.24, 2.45) is 0 Å². The Morgan fingerprint density at radius 1 is 1.38 bits per heavy atom. The lowest BCUT2D eigenvalue weighted by Gasteiger charge is -2.05. The minimum Gasteiger partial charge on any atom is -0.504 e. The topological polar surface area (TPSA) is 29.5 Å². The van der Waals surface area contributed by atoms with Crippen molar-refractivity contribution in [1.82, 2.24) is 0 Å². The van der Waals surface area contributed by atoms with Gasteiger partial charge in [-0.1, -0.05) is 12.1 Å². The number of para-hydroxylation sites is 2. The summed E-state index contributed by atoms with van der Waals surface area (Å²) in [4.78, 5) is 0. The first kappa shape index (κ1) is 9.47. The Bertz CT molecular complexity index is 299. The maximum atomic E-state index is 9.30. The second-order valence-corrected chi connectivity index (χ2v) is 2.62. The highest BCUT2D eigenvalue weighted by Crippen LogP contribution is 2.24. The highest BCUT2D eigenvalue weighted by Gasteiger charge is 1.98. The molecule has 1 aromatic carbocycles. The van der Waals surface area contributed by atoms with E-state index < -0.39 is 0 Å². The molecule has 13 heavy (non-hydrogen) atoms. The summed E-state index contributed by atoms with van der Waals surface area (Å²) in [5.41, 5.74) is 0. The van der Waals surface area contributed by atoms with Gasteiger partial charge in [-0.2, -0.15) is 0 Å². The van der Waals surface area contributed by atoms with Crippen LogP contribution in [0.1, 0.15) is 12.8 Å². The van der Waals surface area contributed by atoms with Gasteiger partial charge in [-0.15, -0.1) is 12.3 Å².